The molecule has 5 heteroatoms. The number of aromatic nitrogens is 1. The Labute approximate surface area is 163 Å². The van der Waals surface area contributed by atoms with E-state index in [2.05, 4.69) is 34.0 Å². The van der Waals surface area contributed by atoms with Crippen LogP contribution < -0.4 is 0 Å². The van der Waals surface area contributed by atoms with Crippen molar-refractivity contribution < 1.29 is 4.79 Å². The number of hydrogen-bond acceptors (Lipinski definition) is 3. The van der Waals surface area contributed by atoms with Crippen LogP contribution in [0.2, 0.25) is 0 Å². The minimum Gasteiger partial charge on any atom is -0.338 e. The molecular weight excluding hydrogens is 360 g/mol. The molecule has 1 aliphatic carbocycles. The number of rotatable bonds is 2. The molecule has 0 bridgehead atoms. The normalized spacial score (nSPS) is 25.6. The first-order chi connectivity index (χ1) is 12.8. The van der Waals surface area contributed by atoms with Crippen LogP contribution in [0, 0.1) is 11.8 Å². The smallest absolute Gasteiger partial charge is 0.257 e. The zero-order valence-corrected chi connectivity index (χ0v) is 16.8. The third kappa shape index (κ3) is 2.93. The molecule has 2 aromatic rings. The van der Waals surface area contributed by atoms with Crippen molar-refractivity contribution in [2.75, 3.05) is 18.8 Å². The van der Waals surface area contributed by atoms with Crippen LogP contribution in [-0.2, 0) is 12.2 Å². The Bertz CT molecular complexity index is 795. The summed E-state index contributed by atoms with van der Waals surface area (Å²) in [7, 11) is 0. The highest BCUT2D eigenvalue weighted by molar-refractivity contribution is 7.98. The van der Waals surface area contributed by atoms with Gasteiger partial charge in [0, 0.05) is 36.1 Å². The SMILES string of the molecule is O=C(c1c(-n2cccc2)sc2c1CCSC2)N1CC[C@H]2CCCC[C@H]2C1. The Morgan fingerprint density at radius 2 is 1.88 bits per heavy atom. The monoisotopic (exact) mass is 386 g/mol. The van der Waals surface area contributed by atoms with Gasteiger partial charge in [0.2, 0.25) is 0 Å². The number of carbonyl (C=O) groups excluding carboxylic acids is 1. The number of likely N-dealkylation sites (tertiary alicyclic amines) is 1. The first-order valence-electron chi connectivity index (χ1n) is 9.96. The molecule has 0 aromatic carbocycles. The summed E-state index contributed by atoms with van der Waals surface area (Å²) in [5.41, 5.74) is 2.35. The molecule has 2 aromatic heterocycles. The summed E-state index contributed by atoms with van der Waals surface area (Å²) in [6, 6.07) is 4.10. The molecule has 5 rings (SSSR count). The van der Waals surface area contributed by atoms with E-state index in [0.29, 0.717) is 5.91 Å². The first-order valence-corrected chi connectivity index (χ1v) is 11.9. The number of thioether (sulfide) groups is 1. The molecule has 26 heavy (non-hydrogen) atoms. The molecule has 2 fully saturated rings. The van der Waals surface area contributed by atoms with E-state index in [1.54, 1.807) is 0 Å². The molecule has 0 spiro atoms. The van der Waals surface area contributed by atoms with Crippen LogP contribution in [0.25, 0.3) is 5.00 Å². The Hall–Kier alpha value is -1.20. The number of nitrogens with zero attached hydrogens (tertiary/aromatic N) is 2. The minimum absolute atomic E-state index is 0.294. The maximum atomic E-state index is 13.6. The van der Waals surface area contributed by atoms with E-state index in [9.17, 15) is 4.79 Å². The zero-order valence-electron chi connectivity index (χ0n) is 15.2. The minimum atomic E-state index is 0.294. The number of hydrogen-bond donors (Lipinski definition) is 0. The van der Waals surface area contributed by atoms with E-state index in [0.717, 1.165) is 53.4 Å². The summed E-state index contributed by atoms with van der Waals surface area (Å²) in [6.07, 6.45) is 11.8. The van der Waals surface area contributed by atoms with Crippen molar-refractivity contribution in [3.05, 3.63) is 40.5 Å². The van der Waals surface area contributed by atoms with Crippen LogP contribution in [0.5, 0.6) is 0 Å². The topological polar surface area (TPSA) is 25.2 Å². The van der Waals surface area contributed by atoms with Gasteiger partial charge in [-0.3, -0.25) is 4.79 Å². The van der Waals surface area contributed by atoms with Crippen LogP contribution in [0.15, 0.2) is 24.5 Å². The number of carbonyl (C=O) groups is 1. The number of amides is 1. The third-order valence-electron chi connectivity index (χ3n) is 6.43. The van der Waals surface area contributed by atoms with Gasteiger partial charge in [0.15, 0.2) is 0 Å². The van der Waals surface area contributed by atoms with Crippen molar-refractivity contribution in [2.24, 2.45) is 11.8 Å². The largest absolute Gasteiger partial charge is 0.338 e. The van der Waals surface area contributed by atoms with Crippen LogP contribution in [0.4, 0.5) is 0 Å². The van der Waals surface area contributed by atoms with E-state index in [1.807, 2.05) is 23.1 Å². The molecule has 1 amide bonds. The second-order valence-electron chi connectivity index (χ2n) is 7.92. The lowest BCUT2D eigenvalue weighted by Gasteiger charge is -2.41. The summed E-state index contributed by atoms with van der Waals surface area (Å²) < 4.78 is 2.15. The van der Waals surface area contributed by atoms with E-state index in [1.165, 1.54) is 42.5 Å². The van der Waals surface area contributed by atoms with Crippen LogP contribution in [-0.4, -0.2) is 34.2 Å². The van der Waals surface area contributed by atoms with Crippen LogP contribution in [0.3, 0.4) is 0 Å². The van der Waals surface area contributed by atoms with Crippen LogP contribution in [0.1, 0.15) is 52.9 Å². The molecule has 1 saturated carbocycles. The average Bonchev–Trinajstić information content (AvgIpc) is 3.34. The standard InChI is InChI=1S/C21H26N2OS2/c24-20(23-11-7-15-5-1-2-6-16(15)13-23)19-17-8-12-25-14-18(17)26-21(19)22-9-3-4-10-22/h3-4,9-10,15-16H,1-2,5-8,11-14H2/t15-,16+/m1/s1. The predicted octanol–water partition coefficient (Wildman–Crippen LogP) is 4.98. The van der Waals surface area contributed by atoms with Gasteiger partial charge in [-0.05, 0) is 54.5 Å². The van der Waals surface area contributed by atoms with Gasteiger partial charge in [-0.2, -0.15) is 11.8 Å². The van der Waals surface area contributed by atoms with E-state index in [-0.39, 0.29) is 0 Å². The van der Waals surface area contributed by atoms with Gasteiger partial charge in [-0.25, -0.2) is 0 Å². The number of fused-ring (bicyclic) bond motifs is 2. The predicted molar refractivity (Wildman–Crippen MR) is 109 cm³/mol. The highest BCUT2D eigenvalue weighted by atomic mass is 32.2. The van der Waals surface area contributed by atoms with Gasteiger partial charge in [-0.15, -0.1) is 11.3 Å². The van der Waals surface area contributed by atoms with E-state index >= 15 is 0 Å². The van der Waals surface area contributed by atoms with Gasteiger partial charge in [0.05, 0.1) is 5.56 Å². The Morgan fingerprint density at radius 1 is 1.08 bits per heavy atom. The van der Waals surface area contributed by atoms with Crippen LogP contribution >= 0.6 is 23.1 Å². The van der Waals surface area contributed by atoms with Crippen molar-refractivity contribution in [2.45, 2.75) is 44.3 Å². The average molecular weight is 387 g/mol. The molecule has 4 heterocycles. The van der Waals surface area contributed by atoms with Gasteiger partial charge in [0.25, 0.3) is 5.91 Å². The quantitative estimate of drug-likeness (QED) is 0.727. The van der Waals surface area contributed by atoms with Crippen molar-refractivity contribution in [1.82, 2.24) is 9.47 Å². The van der Waals surface area contributed by atoms with Gasteiger partial charge < -0.3 is 9.47 Å². The van der Waals surface area contributed by atoms with Crippen molar-refractivity contribution in [1.29, 1.82) is 0 Å². The molecule has 3 nitrogen and oxygen atoms in total. The maximum absolute atomic E-state index is 13.6. The Balaban J connectivity index is 1.49. The lowest BCUT2D eigenvalue weighted by atomic mass is 9.75. The number of piperidine rings is 1. The van der Waals surface area contributed by atoms with E-state index < -0.39 is 0 Å². The van der Waals surface area contributed by atoms with Crippen molar-refractivity contribution in [3.8, 4) is 5.00 Å². The second-order valence-corrected chi connectivity index (χ2v) is 10.1. The van der Waals surface area contributed by atoms with Gasteiger partial charge in [0.1, 0.15) is 5.00 Å². The summed E-state index contributed by atoms with van der Waals surface area (Å²) in [5, 5.41) is 1.14. The fourth-order valence-electron chi connectivity index (χ4n) is 5.03. The fourth-order valence-corrected chi connectivity index (χ4v) is 7.47. The molecule has 0 N–H and O–H groups in total. The Morgan fingerprint density at radius 3 is 2.73 bits per heavy atom. The summed E-state index contributed by atoms with van der Waals surface area (Å²) in [6.45, 7) is 1.93. The molecular formula is C21H26N2OS2. The van der Waals surface area contributed by atoms with Gasteiger partial charge in [-0.1, -0.05) is 19.3 Å². The highest BCUT2D eigenvalue weighted by Gasteiger charge is 2.36. The third-order valence-corrected chi connectivity index (χ3v) is 8.85. The van der Waals surface area contributed by atoms with Gasteiger partial charge >= 0.3 is 0 Å². The van der Waals surface area contributed by atoms with Crippen molar-refractivity contribution in [3.63, 3.8) is 0 Å². The molecule has 0 radical (unpaired) electrons. The van der Waals surface area contributed by atoms with Crippen molar-refractivity contribution >= 4 is 29.0 Å². The second kappa shape index (κ2) is 7.08. The maximum Gasteiger partial charge on any atom is 0.257 e. The zero-order chi connectivity index (χ0) is 17.5. The lowest BCUT2D eigenvalue weighted by molar-refractivity contribution is 0.0520. The molecule has 138 valence electrons. The molecule has 2 atom stereocenters. The summed E-state index contributed by atoms with van der Waals surface area (Å²) >= 11 is 3.82. The Kier molecular flexibility index (Phi) is 4.61. The first kappa shape index (κ1) is 16.9. The molecule has 0 unspecified atom stereocenters. The fraction of sp³-hybridized carbons (Fsp3) is 0.571. The lowest BCUT2D eigenvalue weighted by Crippen LogP contribution is -2.45. The van der Waals surface area contributed by atoms with E-state index in [4.69, 9.17) is 0 Å². The highest BCUT2D eigenvalue weighted by Crippen LogP contribution is 2.41. The number of thiophene rings is 1. The molecule has 3 aliphatic rings. The molecule has 1 saturated heterocycles. The summed E-state index contributed by atoms with van der Waals surface area (Å²) in [5.74, 6) is 4.10. The molecule has 2 aliphatic heterocycles. The summed E-state index contributed by atoms with van der Waals surface area (Å²) in [4.78, 5) is 17.2.